The monoisotopic (exact) mass is 391 g/mol. The molecule has 1 saturated carbocycles. The van der Waals surface area contributed by atoms with Gasteiger partial charge >= 0.3 is 0 Å². The lowest BCUT2D eigenvalue weighted by Crippen LogP contribution is -2.48. The Hall–Kier alpha value is -2.26. The van der Waals surface area contributed by atoms with E-state index >= 15 is 0 Å². The maximum atomic E-state index is 11.7. The van der Waals surface area contributed by atoms with Gasteiger partial charge in [-0.3, -0.25) is 20.5 Å². The first-order valence-electron chi connectivity index (χ1n) is 9.02. The number of phenolic OH excluding ortho intramolecular Hbond substituents is 2. The molecule has 1 aromatic carbocycles. The highest BCUT2D eigenvalue weighted by Crippen LogP contribution is 2.31. The number of benzene rings is 1. The third-order valence-electron chi connectivity index (χ3n) is 5.01. The van der Waals surface area contributed by atoms with Gasteiger partial charge in [-0.05, 0) is 49.2 Å². The second-order valence-electron chi connectivity index (χ2n) is 6.95. The molecule has 146 valence electrons. The van der Waals surface area contributed by atoms with Gasteiger partial charge in [0.2, 0.25) is 5.91 Å². The minimum absolute atomic E-state index is 0.00673. The summed E-state index contributed by atoms with van der Waals surface area (Å²) in [5, 5.41) is 38.0. The van der Waals surface area contributed by atoms with E-state index in [2.05, 4.69) is 10.2 Å². The summed E-state index contributed by atoms with van der Waals surface area (Å²) >= 11 is 0.970. The molecular weight excluding hydrogens is 366 g/mol. The van der Waals surface area contributed by atoms with E-state index in [1.165, 1.54) is 6.07 Å². The van der Waals surface area contributed by atoms with Crippen LogP contribution in [0.1, 0.15) is 31.4 Å². The number of rotatable bonds is 3. The molecule has 0 radical (unpaired) electrons. The average molecular weight is 391 g/mol. The van der Waals surface area contributed by atoms with Gasteiger partial charge in [0.1, 0.15) is 0 Å². The second-order valence-corrected chi connectivity index (χ2v) is 7.95. The Kier molecular flexibility index (Phi) is 5.91. The molecule has 9 heteroatoms. The maximum absolute atomic E-state index is 11.7. The lowest BCUT2D eigenvalue weighted by molar-refractivity contribution is -0.120. The molecule has 1 saturated heterocycles. The normalized spacial score (nSPS) is 18.8. The van der Waals surface area contributed by atoms with E-state index in [9.17, 15) is 15.0 Å². The first-order chi connectivity index (χ1) is 12.8. The molecule has 0 aromatic heterocycles. The minimum Gasteiger partial charge on any atom is -0.504 e. The lowest BCUT2D eigenvalue weighted by Gasteiger charge is -2.39. The molecule has 0 spiro atoms. The highest BCUT2D eigenvalue weighted by molar-refractivity contribution is 8.26. The van der Waals surface area contributed by atoms with Gasteiger partial charge in [0, 0.05) is 38.1 Å². The molecule has 1 aromatic rings. The highest BCUT2D eigenvalue weighted by Gasteiger charge is 2.31. The summed E-state index contributed by atoms with van der Waals surface area (Å²) in [4.78, 5) is 15.8. The fourth-order valence-corrected chi connectivity index (χ4v) is 3.73. The molecule has 1 unspecified atom stereocenters. The van der Waals surface area contributed by atoms with Crippen LogP contribution >= 0.6 is 11.8 Å². The van der Waals surface area contributed by atoms with Crippen LogP contribution in [0.3, 0.4) is 0 Å². The number of nitrogens with one attached hydrogen (secondary N) is 3. The van der Waals surface area contributed by atoms with Crippen LogP contribution in [0, 0.1) is 16.7 Å². The Bertz CT molecular complexity index is 745. The smallest absolute Gasteiger partial charge is 0.229 e. The van der Waals surface area contributed by atoms with Crippen LogP contribution in [0.5, 0.6) is 11.5 Å². The van der Waals surface area contributed by atoms with Crippen molar-refractivity contribution in [3.05, 3.63) is 23.8 Å². The summed E-state index contributed by atoms with van der Waals surface area (Å²) in [6.07, 6.45) is 1.78. The number of carbonyl (C=O) groups is 1. The molecule has 2 fully saturated rings. The number of hydrogen-bond donors (Lipinski definition) is 5. The summed E-state index contributed by atoms with van der Waals surface area (Å²) in [6, 6.07) is 4.95. The fraction of sp³-hybridized carbons (Fsp3) is 0.500. The topological polar surface area (TPSA) is 124 Å². The molecule has 8 nitrogen and oxygen atoms in total. The van der Waals surface area contributed by atoms with Crippen LogP contribution in [0.4, 0.5) is 0 Å². The molecule has 1 aliphatic heterocycles. The van der Waals surface area contributed by atoms with Crippen molar-refractivity contribution < 1.29 is 15.0 Å². The summed E-state index contributed by atoms with van der Waals surface area (Å²) in [5.41, 5.74) is 0.924. The van der Waals surface area contributed by atoms with Gasteiger partial charge in [-0.15, -0.1) is 0 Å². The minimum atomic E-state index is -0.127. The zero-order valence-electron chi connectivity index (χ0n) is 15.2. The summed E-state index contributed by atoms with van der Waals surface area (Å²) in [6.45, 7) is 4.85. The first-order valence-corrected chi connectivity index (χ1v) is 9.83. The van der Waals surface area contributed by atoms with E-state index in [1.807, 2.05) is 11.8 Å². The van der Waals surface area contributed by atoms with Crippen molar-refractivity contribution in [2.75, 3.05) is 26.2 Å². The Morgan fingerprint density at radius 1 is 1.19 bits per heavy atom. The van der Waals surface area contributed by atoms with Crippen LogP contribution in [0.15, 0.2) is 18.2 Å². The first kappa shape index (κ1) is 19.5. The van der Waals surface area contributed by atoms with E-state index in [4.69, 9.17) is 10.8 Å². The van der Waals surface area contributed by atoms with E-state index in [0.717, 1.165) is 43.3 Å². The number of phenols is 2. The predicted octanol–water partition coefficient (Wildman–Crippen LogP) is 1.91. The van der Waals surface area contributed by atoms with Gasteiger partial charge in [0.15, 0.2) is 21.8 Å². The van der Waals surface area contributed by atoms with Gasteiger partial charge < -0.3 is 20.4 Å². The number of thioether (sulfide) groups is 1. The predicted molar refractivity (Wildman–Crippen MR) is 105 cm³/mol. The molecule has 2 aliphatic rings. The molecule has 1 heterocycles. The Balaban J connectivity index is 1.47. The molecule has 3 rings (SSSR count). The average Bonchev–Trinajstić information content (AvgIpc) is 3.48. The number of nitrogens with zero attached hydrogens (tertiary/aromatic N) is 2. The number of hydrogen-bond acceptors (Lipinski definition) is 7. The summed E-state index contributed by atoms with van der Waals surface area (Å²) in [7, 11) is 0. The zero-order valence-corrected chi connectivity index (χ0v) is 16.1. The molecule has 1 amide bonds. The maximum Gasteiger partial charge on any atom is 0.229 e. The van der Waals surface area contributed by atoms with Gasteiger partial charge in [0.05, 0.1) is 0 Å². The third kappa shape index (κ3) is 4.92. The SMILES string of the molecule is CC(c1ccc(O)c(O)c1)N1CCN(C(=N)SC(=N)NC(=O)C2CC2)CC1. The third-order valence-corrected chi connectivity index (χ3v) is 5.77. The van der Waals surface area contributed by atoms with Gasteiger partial charge in [-0.1, -0.05) is 6.07 Å². The van der Waals surface area contributed by atoms with Crippen LogP contribution in [0.2, 0.25) is 0 Å². The van der Waals surface area contributed by atoms with Crippen LogP contribution in [-0.2, 0) is 4.79 Å². The fourth-order valence-electron chi connectivity index (χ4n) is 3.07. The van der Waals surface area contributed by atoms with Crippen molar-refractivity contribution >= 4 is 28.0 Å². The number of amides is 1. The van der Waals surface area contributed by atoms with Gasteiger partial charge in [0.25, 0.3) is 0 Å². The van der Waals surface area contributed by atoms with Crippen LogP contribution in [-0.4, -0.2) is 62.4 Å². The van der Waals surface area contributed by atoms with Gasteiger partial charge in [-0.2, -0.15) is 0 Å². The molecule has 27 heavy (non-hydrogen) atoms. The number of amidine groups is 2. The molecule has 1 aliphatic carbocycles. The van der Waals surface area contributed by atoms with E-state index in [1.54, 1.807) is 12.1 Å². The summed E-state index contributed by atoms with van der Waals surface area (Å²) < 4.78 is 0. The largest absolute Gasteiger partial charge is 0.504 e. The Morgan fingerprint density at radius 2 is 1.85 bits per heavy atom. The number of aromatic hydroxyl groups is 2. The van der Waals surface area contributed by atoms with E-state index in [0.29, 0.717) is 13.1 Å². The van der Waals surface area contributed by atoms with Crippen LogP contribution < -0.4 is 5.32 Å². The number of piperazine rings is 1. The second kappa shape index (κ2) is 8.18. The van der Waals surface area contributed by atoms with E-state index in [-0.39, 0.29) is 39.7 Å². The van der Waals surface area contributed by atoms with Crippen molar-refractivity contribution in [3.8, 4) is 11.5 Å². The Labute approximate surface area is 162 Å². The van der Waals surface area contributed by atoms with Crippen molar-refractivity contribution in [1.29, 1.82) is 10.8 Å². The molecule has 5 N–H and O–H groups in total. The highest BCUT2D eigenvalue weighted by atomic mass is 32.2. The summed E-state index contributed by atoms with van der Waals surface area (Å²) in [5.74, 6) is -0.319. The van der Waals surface area contributed by atoms with Crippen molar-refractivity contribution in [3.63, 3.8) is 0 Å². The van der Waals surface area contributed by atoms with E-state index < -0.39 is 0 Å². The number of carbonyl (C=O) groups excluding carboxylic acids is 1. The zero-order chi connectivity index (χ0) is 19.6. The molecular formula is C18H25N5O3S. The lowest BCUT2D eigenvalue weighted by atomic mass is 10.1. The Morgan fingerprint density at radius 3 is 2.44 bits per heavy atom. The quantitative estimate of drug-likeness (QED) is 0.305. The van der Waals surface area contributed by atoms with Crippen LogP contribution in [0.25, 0.3) is 0 Å². The van der Waals surface area contributed by atoms with Crippen molar-refractivity contribution in [1.82, 2.24) is 15.1 Å². The van der Waals surface area contributed by atoms with Gasteiger partial charge in [-0.25, -0.2) is 0 Å². The molecule has 1 atom stereocenters. The standard InChI is InChI=1S/C18H25N5O3S/c1-11(13-4-5-14(24)15(25)10-13)22-6-8-23(9-7-22)18(20)27-17(19)21-16(26)12-2-3-12/h4-5,10-12,20,24-25H,2-3,6-9H2,1H3,(H2,19,21,26). The van der Waals surface area contributed by atoms with Crippen molar-refractivity contribution in [2.24, 2.45) is 5.92 Å². The molecule has 0 bridgehead atoms. The van der Waals surface area contributed by atoms with Crippen molar-refractivity contribution in [2.45, 2.75) is 25.8 Å².